The lowest BCUT2D eigenvalue weighted by Crippen LogP contribution is -2.03. The fourth-order valence-electron chi connectivity index (χ4n) is 4.00. The molecule has 0 saturated heterocycles. The van der Waals surface area contributed by atoms with E-state index in [1.807, 2.05) is 54.7 Å². The van der Waals surface area contributed by atoms with E-state index in [2.05, 4.69) is 61.9 Å². The van der Waals surface area contributed by atoms with Gasteiger partial charge in [0.2, 0.25) is 5.95 Å². The minimum atomic E-state index is 0.638. The van der Waals surface area contributed by atoms with Gasteiger partial charge in [-0.05, 0) is 36.4 Å². The summed E-state index contributed by atoms with van der Waals surface area (Å²) in [4.78, 5) is 14.6. The largest absolute Gasteiger partial charge is 0.276 e. The predicted octanol–water partition coefficient (Wildman–Crippen LogP) is 6.55. The lowest BCUT2D eigenvalue weighted by Gasteiger charge is -2.11. The molecule has 0 bridgehead atoms. The van der Waals surface area contributed by atoms with Gasteiger partial charge in [0.15, 0.2) is 0 Å². The van der Waals surface area contributed by atoms with Crippen molar-refractivity contribution in [2.75, 3.05) is 0 Å². The van der Waals surface area contributed by atoms with Crippen molar-refractivity contribution < 1.29 is 0 Å². The van der Waals surface area contributed by atoms with Crippen LogP contribution in [0.5, 0.6) is 0 Å². The average molecular weight is 451 g/mol. The van der Waals surface area contributed by atoms with E-state index >= 15 is 0 Å². The molecule has 0 atom stereocenters. The van der Waals surface area contributed by atoms with Crippen molar-refractivity contribution in [1.29, 1.82) is 0 Å². The first-order valence-electron chi connectivity index (χ1n) is 9.67. The summed E-state index contributed by atoms with van der Waals surface area (Å²) in [5.74, 6) is 0.638. The lowest BCUT2D eigenvalue weighted by atomic mass is 10.1. The maximum absolute atomic E-state index is 5.05. The second-order valence-corrected chi connectivity index (χ2v) is 8.04. The zero-order valence-electron chi connectivity index (χ0n) is 15.8. The monoisotopic (exact) mass is 450 g/mol. The SMILES string of the molecule is Brc1ccc2c3ncccc3n(-c3nc(-c4ccccc4)c4ccccc4n3)c2c1. The number of aromatic nitrogens is 4. The van der Waals surface area contributed by atoms with Gasteiger partial charge >= 0.3 is 0 Å². The summed E-state index contributed by atoms with van der Waals surface area (Å²) in [5.41, 5.74) is 5.85. The van der Waals surface area contributed by atoms with Crippen LogP contribution in [-0.2, 0) is 0 Å². The van der Waals surface area contributed by atoms with E-state index < -0.39 is 0 Å². The van der Waals surface area contributed by atoms with Gasteiger partial charge in [0.05, 0.1) is 27.8 Å². The van der Waals surface area contributed by atoms with Crippen LogP contribution in [0.25, 0.3) is 50.0 Å². The van der Waals surface area contributed by atoms with Crippen LogP contribution in [0.2, 0.25) is 0 Å². The van der Waals surface area contributed by atoms with Gasteiger partial charge in [-0.1, -0.05) is 64.5 Å². The van der Waals surface area contributed by atoms with Gasteiger partial charge in [-0.3, -0.25) is 9.55 Å². The Hall–Kier alpha value is -3.57. The van der Waals surface area contributed by atoms with Crippen LogP contribution in [0.15, 0.2) is 95.6 Å². The summed E-state index contributed by atoms with van der Waals surface area (Å²) in [6.45, 7) is 0. The number of halogens is 1. The van der Waals surface area contributed by atoms with Gasteiger partial charge in [0.25, 0.3) is 0 Å². The van der Waals surface area contributed by atoms with Gasteiger partial charge in [-0.15, -0.1) is 0 Å². The van der Waals surface area contributed by atoms with Crippen molar-refractivity contribution in [3.63, 3.8) is 0 Å². The standard InChI is InChI=1S/C25H15BrN4/c26-17-12-13-19-22(15-17)30(21-11-6-14-27-24(19)21)25-28-20-10-5-4-9-18(20)23(29-25)16-7-2-1-3-8-16/h1-15H. The van der Waals surface area contributed by atoms with E-state index in [0.717, 1.165) is 48.6 Å². The molecule has 0 saturated carbocycles. The molecule has 0 aliphatic rings. The molecule has 0 amide bonds. The third kappa shape index (κ3) is 2.63. The van der Waals surface area contributed by atoms with Crippen molar-refractivity contribution in [2.45, 2.75) is 0 Å². The molecule has 0 spiro atoms. The highest BCUT2D eigenvalue weighted by atomic mass is 79.9. The first kappa shape index (κ1) is 17.3. The Morgan fingerprint density at radius 2 is 1.53 bits per heavy atom. The van der Waals surface area contributed by atoms with Crippen molar-refractivity contribution in [3.05, 3.63) is 95.6 Å². The molecule has 5 heteroatoms. The van der Waals surface area contributed by atoms with Gasteiger partial charge in [-0.25, -0.2) is 9.97 Å². The van der Waals surface area contributed by atoms with Crippen LogP contribution in [0.1, 0.15) is 0 Å². The minimum Gasteiger partial charge on any atom is -0.276 e. The third-order valence-electron chi connectivity index (χ3n) is 5.32. The molecule has 3 aromatic carbocycles. The number of hydrogen-bond donors (Lipinski definition) is 0. The first-order chi connectivity index (χ1) is 14.8. The molecule has 3 heterocycles. The Morgan fingerprint density at radius 1 is 0.700 bits per heavy atom. The van der Waals surface area contributed by atoms with Gasteiger partial charge in [0, 0.05) is 27.0 Å². The fraction of sp³-hybridized carbons (Fsp3) is 0. The molecule has 142 valence electrons. The smallest absolute Gasteiger partial charge is 0.235 e. The number of pyridine rings is 1. The number of para-hydroxylation sites is 1. The summed E-state index contributed by atoms with van der Waals surface area (Å²) >= 11 is 3.61. The Kier molecular flexibility index (Phi) is 3.89. The maximum atomic E-state index is 5.05. The summed E-state index contributed by atoms with van der Waals surface area (Å²) in [5, 5.41) is 2.11. The van der Waals surface area contributed by atoms with E-state index in [1.54, 1.807) is 0 Å². The van der Waals surface area contributed by atoms with Crippen LogP contribution in [0.4, 0.5) is 0 Å². The molecule has 6 aromatic rings. The number of benzene rings is 3. The zero-order chi connectivity index (χ0) is 20.1. The molecular formula is C25H15BrN4. The van der Waals surface area contributed by atoms with E-state index in [0.29, 0.717) is 5.95 Å². The third-order valence-corrected chi connectivity index (χ3v) is 5.82. The number of hydrogen-bond acceptors (Lipinski definition) is 3. The van der Waals surface area contributed by atoms with Gasteiger partial charge in [0.1, 0.15) is 0 Å². The Bertz CT molecular complexity index is 1550. The van der Waals surface area contributed by atoms with E-state index in [4.69, 9.17) is 9.97 Å². The molecule has 0 N–H and O–H groups in total. The van der Waals surface area contributed by atoms with Crippen molar-refractivity contribution in [3.8, 4) is 17.2 Å². The fourth-order valence-corrected chi connectivity index (χ4v) is 4.35. The molecule has 3 aromatic heterocycles. The number of fused-ring (bicyclic) bond motifs is 4. The Morgan fingerprint density at radius 3 is 2.43 bits per heavy atom. The zero-order valence-corrected chi connectivity index (χ0v) is 17.4. The van der Waals surface area contributed by atoms with Crippen LogP contribution in [0.3, 0.4) is 0 Å². The van der Waals surface area contributed by atoms with E-state index in [-0.39, 0.29) is 0 Å². The van der Waals surface area contributed by atoms with Crippen LogP contribution in [0, 0.1) is 0 Å². The van der Waals surface area contributed by atoms with Crippen LogP contribution < -0.4 is 0 Å². The second-order valence-electron chi connectivity index (χ2n) is 7.12. The average Bonchev–Trinajstić information content (AvgIpc) is 3.12. The minimum absolute atomic E-state index is 0.638. The van der Waals surface area contributed by atoms with Crippen LogP contribution in [-0.4, -0.2) is 19.5 Å². The summed E-state index contributed by atoms with van der Waals surface area (Å²) < 4.78 is 3.10. The molecule has 6 rings (SSSR count). The Balaban J connectivity index is 1.76. The molecule has 30 heavy (non-hydrogen) atoms. The normalized spacial score (nSPS) is 11.5. The van der Waals surface area contributed by atoms with E-state index in [9.17, 15) is 0 Å². The summed E-state index contributed by atoms with van der Waals surface area (Å²) in [7, 11) is 0. The van der Waals surface area contributed by atoms with Gasteiger partial charge < -0.3 is 0 Å². The highest BCUT2D eigenvalue weighted by molar-refractivity contribution is 9.10. The summed E-state index contributed by atoms with van der Waals surface area (Å²) in [6.07, 6.45) is 1.82. The molecule has 0 unspecified atom stereocenters. The number of rotatable bonds is 2. The van der Waals surface area contributed by atoms with Crippen molar-refractivity contribution in [1.82, 2.24) is 19.5 Å². The Labute approximate surface area is 181 Å². The summed E-state index contributed by atoms with van der Waals surface area (Å²) in [6, 6.07) is 28.6. The quantitative estimate of drug-likeness (QED) is 0.300. The highest BCUT2D eigenvalue weighted by Gasteiger charge is 2.17. The molecule has 4 nitrogen and oxygen atoms in total. The lowest BCUT2D eigenvalue weighted by molar-refractivity contribution is 1.01. The molecular weight excluding hydrogens is 436 g/mol. The first-order valence-corrected chi connectivity index (χ1v) is 10.5. The molecule has 0 radical (unpaired) electrons. The van der Waals surface area contributed by atoms with Crippen molar-refractivity contribution >= 4 is 48.8 Å². The topological polar surface area (TPSA) is 43.6 Å². The second kappa shape index (κ2) is 6.75. The molecule has 0 aliphatic carbocycles. The van der Waals surface area contributed by atoms with Crippen LogP contribution >= 0.6 is 15.9 Å². The predicted molar refractivity (Wildman–Crippen MR) is 125 cm³/mol. The number of nitrogens with zero attached hydrogens (tertiary/aromatic N) is 4. The van der Waals surface area contributed by atoms with Crippen molar-refractivity contribution in [2.24, 2.45) is 0 Å². The van der Waals surface area contributed by atoms with E-state index in [1.165, 1.54) is 0 Å². The molecule has 0 fully saturated rings. The maximum Gasteiger partial charge on any atom is 0.235 e. The molecule has 0 aliphatic heterocycles. The van der Waals surface area contributed by atoms with Gasteiger partial charge in [-0.2, -0.15) is 0 Å². The highest BCUT2D eigenvalue weighted by Crippen LogP contribution is 2.33.